The second-order valence-corrected chi connectivity index (χ2v) is 6.93. The van der Waals surface area contributed by atoms with Gasteiger partial charge in [0.15, 0.2) is 5.82 Å². The summed E-state index contributed by atoms with van der Waals surface area (Å²) in [6.07, 6.45) is 0.730. The molecule has 1 saturated heterocycles. The van der Waals surface area contributed by atoms with Gasteiger partial charge < -0.3 is 10.2 Å². The number of hydrogen-bond donors (Lipinski definition) is 1. The highest BCUT2D eigenvalue weighted by atomic mass is 16.2. The zero-order valence-electron chi connectivity index (χ0n) is 15.7. The molecule has 4 rings (SSSR count). The Morgan fingerprint density at radius 2 is 1.81 bits per heavy atom. The number of nitrogens with zero attached hydrogens (tertiary/aromatic N) is 5. The molecule has 7 heteroatoms. The van der Waals surface area contributed by atoms with Gasteiger partial charge in [0.05, 0.1) is 5.69 Å². The Balaban J connectivity index is 1.46. The molecule has 0 bridgehead atoms. The highest BCUT2D eigenvalue weighted by Gasteiger charge is 2.32. The third-order valence-corrected chi connectivity index (χ3v) is 4.75. The van der Waals surface area contributed by atoms with E-state index >= 15 is 0 Å². The van der Waals surface area contributed by atoms with Crippen LogP contribution in [0.5, 0.6) is 0 Å². The van der Waals surface area contributed by atoms with E-state index < -0.39 is 0 Å². The minimum absolute atomic E-state index is 0.0586. The molecule has 7 nitrogen and oxygen atoms in total. The van der Waals surface area contributed by atoms with E-state index in [0.717, 1.165) is 23.5 Å². The third-order valence-electron chi connectivity index (χ3n) is 4.75. The summed E-state index contributed by atoms with van der Waals surface area (Å²) in [7, 11) is 0. The fourth-order valence-electron chi connectivity index (χ4n) is 3.35. The largest absolute Gasteiger partial charge is 0.357 e. The maximum atomic E-state index is 12.7. The van der Waals surface area contributed by atoms with Crippen LogP contribution in [0.1, 0.15) is 23.4 Å². The number of rotatable bonds is 4. The first-order valence-electron chi connectivity index (χ1n) is 9.03. The zero-order valence-corrected chi connectivity index (χ0v) is 15.7. The Labute approximate surface area is 158 Å². The molecule has 1 unspecified atom stereocenters. The van der Waals surface area contributed by atoms with Crippen molar-refractivity contribution in [3.63, 3.8) is 0 Å². The molecule has 1 fully saturated rings. The zero-order chi connectivity index (χ0) is 19.0. The molecular weight excluding hydrogens is 340 g/mol. The van der Waals surface area contributed by atoms with Crippen LogP contribution in [0.4, 0.5) is 11.5 Å². The molecular formula is C20H22N6O. The lowest BCUT2D eigenvalue weighted by atomic mass is 10.2. The van der Waals surface area contributed by atoms with Crippen molar-refractivity contribution in [2.24, 2.45) is 0 Å². The van der Waals surface area contributed by atoms with E-state index in [0.29, 0.717) is 18.2 Å². The van der Waals surface area contributed by atoms with Crippen LogP contribution >= 0.6 is 0 Å². The highest BCUT2D eigenvalue weighted by Crippen LogP contribution is 2.23. The van der Waals surface area contributed by atoms with Gasteiger partial charge in [-0.15, -0.1) is 10.2 Å². The molecule has 0 aliphatic carbocycles. The van der Waals surface area contributed by atoms with E-state index in [1.807, 2.05) is 68.1 Å². The number of benzene rings is 1. The monoisotopic (exact) mass is 362 g/mol. The van der Waals surface area contributed by atoms with Crippen molar-refractivity contribution in [3.05, 3.63) is 59.4 Å². The van der Waals surface area contributed by atoms with Crippen LogP contribution in [0.15, 0.2) is 42.5 Å². The average molecular weight is 362 g/mol. The number of carbonyl (C=O) groups excluding carboxylic acids is 1. The third kappa shape index (κ3) is 3.40. The van der Waals surface area contributed by atoms with Crippen molar-refractivity contribution >= 4 is 17.4 Å². The highest BCUT2D eigenvalue weighted by molar-refractivity contribution is 6.00. The fraction of sp³-hybridized carbons (Fsp3) is 0.300. The van der Waals surface area contributed by atoms with Crippen LogP contribution in [0, 0.1) is 20.8 Å². The molecule has 3 aromatic rings. The molecule has 2 aromatic heterocycles. The standard InChI is InChI=1S/C20H22N6O/c1-13-4-6-16(7-5-13)25-11-10-17(20(25)27)21-18-8-9-19(23-22-18)26-15(3)12-14(2)24-26/h4-9,12,17H,10-11H2,1-3H3,(H,21,22). The number of aromatic nitrogens is 4. The summed E-state index contributed by atoms with van der Waals surface area (Å²) in [5, 5.41) is 16.1. The van der Waals surface area contributed by atoms with Crippen LogP contribution in [-0.4, -0.2) is 38.5 Å². The van der Waals surface area contributed by atoms with Crippen molar-refractivity contribution in [1.29, 1.82) is 0 Å². The van der Waals surface area contributed by atoms with Gasteiger partial charge in [-0.25, -0.2) is 4.68 Å². The summed E-state index contributed by atoms with van der Waals surface area (Å²) in [5.41, 5.74) is 4.05. The van der Waals surface area contributed by atoms with Gasteiger partial charge >= 0.3 is 0 Å². The van der Waals surface area contributed by atoms with Gasteiger partial charge in [0, 0.05) is 17.9 Å². The lowest BCUT2D eigenvalue weighted by Crippen LogP contribution is -2.33. The quantitative estimate of drug-likeness (QED) is 0.772. The molecule has 1 aliphatic rings. The van der Waals surface area contributed by atoms with Crippen molar-refractivity contribution in [2.75, 3.05) is 16.8 Å². The second kappa shape index (κ2) is 6.83. The van der Waals surface area contributed by atoms with E-state index in [-0.39, 0.29) is 11.9 Å². The summed E-state index contributed by atoms with van der Waals surface area (Å²) < 4.78 is 1.76. The molecule has 0 spiro atoms. The minimum atomic E-state index is -0.292. The number of amides is 1. The molecule has 1 amide bonds. The maximum Gasteiger partial charge on any atom is 0.249 e. The molecule has 1 aromatic carbocycles. The Hall–Kier alpha value is -3.22. The molecule has 1 atom stereocenters. The lowest BCUT2D eigenvalue weighted by Gasteiger charge is -2.17. The first-order valence-corrected chi connectivity index (χ1v) is 9.03. The fourth-order valence-corrected chi connectivity index (χ4v) is 3.35. The summed E-state index contributed by atoms with van der Waals surface area (Å²) in [6, 6.07) is 13.4. The first kappa shape index (κ1) is 17.2. The number of carbonyl (C=O) groups is 1. The van der Waals surface area contributed by atoms with Gasteiger partial charge in [-0.05, 0) is 57.5 Å². The molecule has 0 radical (unpaired) electrons. The normalized spacial score (nSPS) is 16.8. The van der Waals surface area contributed by atoms with Gasteiger partial charge in [0.1, 0.15) is 11.9 Å². The van der Waals surface area contributed by atoms with Gasteiger partial charge in [-0.1, -0.05) is 17.7 Å². The Kier molecular flexibility index (Phi) is 4.35. The smallest absolute Gasteiger partial charge is 0.249 e. The van der Waals surface area contributed by atoms with E-state index in [1.165, 1.54) is 5.56 Å². The number of aryl methyl sites for hydroxylation is 3. The molecule has 1 aliphatic heterocycles. The van der Waals surface area contributed by atoms with E-state index in [2.05, 4.69) is 20.6 Å². The van der Waals surface area contributed by atoms with E-state index in [1.54, 1.807) is 4.68 Å². The Morgan fingerprint density at radius 1 is 1.04 bits per heavy atom. The van der Waals surface area contributed by atoms with Crippen molar-refractivity contribution in [3.8, 4) is 5.82 Å². The Bertz CT molecular complexity index is 961. The molecule has 0 saturated carbocycles. The van der Waals surface area contributed by atoms with Crippen LogP contribution in [0.3, 0.4) is 0 Å². The van der Waals surface area contributed by atoms with Crippen molar-refractivity contribution in [2.45, 2.75) is 33.2 Å². The van der Waals surface area contributed by atoms with Gasteiger partial charge in [-0.3, -0.25) is 4.79 Å². The minimum Gasteiger partial charge on any atom is -0.357 e. The summed E-state index contributed by atoms with van der Waals surface area (Å²) >= 11 is 0. The predicted molar refractivity (Wildman–Crippen MR) is 104 cm³/mol. The van der Waals surface area contributed by atoms with Crippen LogP contribution in [0.2, 0.25) is 0 Å². The Morgan fingerprint density at radius 3 is 2.44 bits per heavy atom. The number of anilines is 2. The van der Waals surface area contributed by atoms with Gasteiger partial charge in [0.2, 0.25) is 5.91 Å². The predicted octanol–water partition coefficient (Wildman–Crippen LogP) is 2.80. The van der Waals surface area contributed by atoms with Gasteiger partial charge in [0.25, 0.3) is 0 Å². The summed E-state index contributed by atoms with van der Waals surface area (Å²) in [5.74, 6) is 1.30. The topological polar surface area (TPSA) is 75.9 Å². The second-order valence-electron chi connectivity index (χ2n) is 6.93. The average Bonchev–Trinajstić information content (AvgIpc) is 3.18. The molecule has 3 heterocycles. The molecule has 1 N–H and O–H groups in total. The summed E-state index contributed by atoms with van der Waals surface area (Å²) in [6.45, 7) is 6.65. The molecule has 27 heavy (non-hydrogen) atoms. The van der Waals surface area contributed by atoms with Gasteiger partial charge in [-0.2, -0.15) is 5.10 Å². The van der Waals surface area contributed by atoms with E-state index in [4.69, 9.17) is 0 Å². The van der Waals surface area contributed by atoms with Crippen molar-refractivity contribution in [1.82, 2.24) is 20.0 Å². The van der Waals surface area contributed by atoms with Crippen LogP contribution < -0.4 is 10.2 Å². The SMILES string of the molecule is Cc1ccc(N2CCC(Nc3ccc(-n4nc(C)cc4C)nn3)C2=O)cc1. The lowest BCUT2D eigenvalue weighted by molar-refractivity contribution is -0.117. The molecule has 138 valence electrons. The number of hydrogen-bond acceptors (Lipinski definition) is 5. The first-order chi connectivity index (χ1) is 13.0. The summed E-state index contributed by atoms with van der Waals surface area (Å²) in [4.78, 5) is 14.5. The van der Waals surface area contributed by atoms with E-state index in [9.17, 15) is 4.79 Å². The van der Waals surface area contributed by atoms with Crippen LogP contribution in [-0.2, 0) is 4.79 Å². The number of nitrogens with one attached hydrogen (secondary N) is 1. The van der Waals surface area contributed by atoms with Crippen molar-refractivity contribution < 1.29 is 4.79 Å². The maximum absolute atomic E-state index is 12.7. The van der Waals surface area contributed by atoms with Crippen LogP contribution in [0.25, 0.3) is 5.82 Å².